The minimum atomic E-state index is -1.17. The molecule has 2 heterocycles. The van der Waals surface area contributed by atoms with Gasteiger partial charge in [0.05, 0.1) is 18.8 Å². The summed E-state index contributed by atoms with van der Waals surface area (Å²) in [5.41, 5.74) is 17.5. The normalized spacial score (nSPS) is 47.2. The fraction of sp³-hybridized carbons (Fsp3) is 1.00. The van der Waals surface area contributed by atoms with Gasteiger partial charge in [-0.1, -0.05) is 0 Å². The molecule has 2 fully saturated rings. The molecule has 0 aliphatic carbocycles. The maximum Gasteiger partial charge on any atom is 0.176 e. The van der Waals surface area contributed by atoms with Crippen molar-refractivity contribution >= 4 is 0 Å². The van der Waals surface area contributed by atoms with Crippen LogP contribution in [-0.4, -0.2) is 83.8 Å². The molecule has 10 N–H and O–H groups in total. The number of aliphatic hydroxyl groups excluding tert-OH is 3. The van der Waals surface area contributed by atoms with Gasteiger partial charge in [-0.05, 0) is 19.4 Å². The average molecular weight is 320 g/mol. The van der Waals surface area contributed by atoms with E-state index in [2.05, 4.69) is 5.32 Å². The molecule has 0 bridgehead atoms. The molecule has 22 heavy (non-hydrogen) atoms. The molecule has 0 radical (unpaired) electrons. The number of ether oxygens (including phenoxy) is 2. The monoisotopic (exact) mass is 320 g/mol. The number of aliphatic hydroxyl groups is 3. The van der Waals surface area contributed by atoms with Crippen LogP contribution in [0.25, 0.3) is 0 Å². The highest BCUT2D eigenvalue weighted by Gasteiger charge is 2.44. The van der Waals surface area contributed by atoms with Crippen molar-refractivity contribution in [2.45, 2.75) is 61.7 Å². The highest BCUT2D eigenvalue weighted by molar-refractivity contribution is 4.93. The van der Waals surface area contributed by atoms with E-state index in [1.165, 1.54) is 0 Å². The molecule has 0 amide bonds. The Balaban J connectivity index is 1.99. The summed E-state index contributed by atoms with van der Waals surface area (Å²) in [5.74, 6) is 0. The molecule has 9 nitrogen and oxygen atoms in total. The number of hydrogen-bond donors (Lipinski definition) is 7. The minimum absolute atomic E-state index is 0.0139. The summed E-state index contributed by atoms with van der Waals surface area (Å²) in [7, 11) is 0. The molecule has 0 unspecified atom stereocenters. The third-order valence-electron chi connectivity index (χ3n) is 4.41. The molecule has 0 aromatic rings. The topological polar surface area (TPSA) is 169 Å². The van der Waals surface area contributed by atoms with E-state index >= 15 is 0 Å². The molecule has 0 aromatic carbocycles. The van der Waals surface area contributed by atoms with Gasteiger partial charge in [0.15, 0.2) is 6.29 Å². The van der Waals surface area contributed by atoms with Crippen molar-refractivity contribution in [2.24, 2.45) is 17.2 Å². The van der Waals surface area contributed by atoms with Crippen LogP contribution in [0.3, 0.4) is 0 Å². The van der Waals surface area contributed by atoms with Crippen LogP contribution < -0.4 is 22.5 Å². The SMILES string of the molecule is NC[C@H]1O[C@H](O[C@H]2CCN[C@@H](CO)C[C@@H]2N)[C@H](N)[C@@H](O)[C@@H]1O. The summed E-state index contributed by atoms with van der Waals surface area (Å²) >= 11 is 0. The van der Waals surface area contributed by atoms with Crippen LogP contribution in [0.1, 0.15) is 12.8 Å². The Hall–Kier alpha value is -0.360. The van der Waals surface area contributed by atoms with E-state index in [-0.39, 0.29) is 31.3 Å². The second-order valence-corrected chi connectivity index (χ2v) is 6.03. The minimum Gasteiger partial charge on any atom is -0.395 e. The Morgan fingerprint density at radius 2 is 1.95 bits per heavy atom. The van der Waals surface area contributed by atoms with Gasteiger partial charge in [0.25, 0.3) is 0 Å². The third-order valence-corrected chi connectivity index (χ3v) is 4.41. The Labute approximate surface area is 129 Å². The Morgan fingerprint density at radius 3 is 2.59 bits per heavy atom. The van der Waals surface area contributed by atoms with Gasteiger partial charge in [0.2, 0.25) is 0 Å². The lowest BCUT2D eigenvalue weighted by Gasteiger charge is -2.42. The number of hydrogen-bond acceptors (Lipinski definition) is 9. The van der Waals surface area contributed by atoms with E-state index in [0.29, 0.717) is 19.4 Å². The summed E-state index contributed by atoms with van der Waals surface area (Å²) in [4.78, 5) is 0. The molecule has 2 saturated heterocycles. The highest BCUT2D eigenvalue weighted by atomic mass is 16.7. The summed E-state index contributed by atoms with van der Waals surface area (Å²) in [6, 6.07) is -1.23. The average Bonchev–Trinajstić information content (AvgIpc) is 2.69. The van der Waals surface area contributed by atoms with Crippen LogP contribution in [-0.2, 0) is 9.47 Å². The second kappa shape index (κ2) is 7.95. The third kappa shape index (κ3) is 3.94. The first-order valence-electron chi connectivity index (χ1n) is 7.70. The molecule has 2 aliphatic rings. The van der Waals surface area contributed by atoms with Gasteiger partial charge in [-0.25, -0.2) is 0 Å². The van der Waals surface area contributed by atoms with Gasteiger partial charge in [0, 0.05) is 18.6 Å². The molecule has 8 atom stereocenters. The van der Waals surface area contributed by atoms with Crippen LogP contribution in [0.2, 0.25) is 0 Å². The van der Waals surface area contributed by atoms with E-state index in [4.69, 9.17) is 26.7 Å². The van der Waals surface area contributed by atoms with Crippen LogP contribution in [0.5, 0.6) is 0 Å². The predicted octanol–water partition coefficient (Wildman–Crippen LogP) is -3.82. The van der Waals surface area contributed by atoms with Gasteiger partial charge in [0.1, 0.15) is 18.3 Å². The van der Waals surface area contributed by atoms with Crippen LogP contribution in [0, 0.1) is 0 Å². The van der Waals surface area contributed by atoms with Gasteiger partial charge >= 0.3 is 0 Å². The van der Waals surface area contributed by atoms with Gasteiger partial charge < -0.3 is 47.3 Å². The largest absolute Gasteiger partial charge is 0.395 e. The molecule has 0 spiro atoms. The molecule has 2 rings (SSSR count). The number of nitrogens with one attached hydrogen (secondary N) is 1. The first-order valence-corrected chi connectivity index (χ1v) is 7.70. The Morgan fingerprint density at radius 1 is 1.23 bits per heavy atom. The lowest BCUT2D eigenvalue weighted by Crippen LogP contribution is -2.64. The molecule has 2 aliphatic heterocycles. The highest BCUT2D eigenvalue weighted by Crippen LogP contribution is 2.23. The van der Waals surface area contributed by atoms with Crippen LogP contribution in [0.15, 0.2) is 0 Å². The molecule has 0 saturated carbocycles. The summed E-state index contributed by atoms with van der Waals surface area (Å²) in [6.07, 6.45) is -3.04. The van der Waals surface area contributed by atoms with E-state index in [9.17, 15) is 15.3 Å². The standard InChI is InChI=1S/C13H28N4O5/c14-4-9-11(19)12(20)10(16)13(22-9)21-8-1-2-17-6(5-18)3-7(8)15/h6-13,17-20H,1-5,14-16H2/t6-,7+,8+,9-,10-,11-,12-,13+/m1/s1. The molecule has 0 aromatic heterocycles. The first-order chi connectivity index (χ1) is 10.5. The zero-order valence-electron chi connectivity index (χ0n) is 12.5. The number of nitrogens with two attached hydrogens (primary N) is 3. The van der Waals surface area contributed by atoms with E-state index < -0.39 is 30.6 Å². The second-order valence-electron chi connectivity index (χ2n) is 6.03. The van der Waals surface area contributed by atoms with Crippen molar-refractivity contribution in [1.29, 1.82) is 0 Å². The van der Waals surface area contributed by atoms with Crippen molar-refractivity contribution in [3.63, 3.8) is 0 Å². The van der Waals surface area contributed by atoms with E-state index in [0.717, 1.165) is 0 Å². The molecular weight excluding hydrogens is 292 g/mol. The quantitative estimate of drug-likeness (QED) is 0.274. The summed E-state index contributed by atoms with van der Waals surface area (Å²) < 4.78 is 11.4. The maximum atomic E-state index is 9.98. The summed E-state index contributed by atoms with van der Waals surface area (Å²) in [5, 5.41) is 32.2. The lowest BCUT2D eigenvalue weighted by atomic mass is 9.97. The van der Waals surface area contributed by atoms with E-state index in [1.807, 2.05) is 0 Å². The van der Waals surface area contributed by atoms with Crippen molar-refractivity contribution in [1.82, 2.24) is 5.32 Å². The van der Waals surface area contributed by atoms with Crippen molar-refractivity contribution in [3.8, 4) is 0 Å². The zero-order chi connectivity index (χ0) is 16.3. The van der Waals surface area contributed by atoms with Crippen molar-refractivity contribution < 1.29 is 24.8 Å². The summed E-state index contributed by atoms with van der Waals surface area (Å²) in [6.45, 7) is 0.715. The van der Waals surface area contributed by atoms with Gasteiger partial charge in [-0.2, -0.15) is 0 Å². The fourth-order valence-electron chi connectivity index (χ4n) is 2.96. The predicted molar refractivity (Wildman–Crippen MR) is 78.7 cm³/mol. The van der Waals surface area contributed by atoms with Crippen LogP contribution in [0.4, 0.5) is 0 Å². The van der Waals surface area contributed by atoms with Crippen molar-refractivity contribution in [3.05, 3.63) is 0 Å². The fourth-order valence-corrected chi connectivity index (χ4v) is 2.96. The molecular formula is C13H28N4O5. The number of rotatable bonds is 4. The maximum absolute atomic E-state index is 9.98. The van der Waals surface area contributed by atoms with Crippen molar-refractivity contribution in [2.75, 3.05) is 19.7 Å². The molecule has 9 heteroatoms. The smallest absolute Gasteiger partial charge is 0.176 e. The lowest BCUT2D eigenvalue weighted by molar-refractivity contribution is -0.272. The van der Waals surface area contributed by atoms with E-state index in [1.54, 1.807) is 0 Å². The zero-order valence-corrected chi connectivity index (χ0v) is 12.5. The molecule has 130 valence electrons. The van der Waals surface area contributed by atoms with Gasteiger partial charge in [-0.15, -0.1) is 0 Å². The first kappa shape index (κ1) is 18.0. The Bertz CT molecular complexity index is 348. The Kier molecular flexibility index (Phi) is 6.50. The van der Waals surface area contributed by atoms with Gasteiger partial charge in [-0.3, -0.25) is 0 Å². The van der Waals surface area contributed by atoms with Crippen LogP contribution >= 0.6 is 0 Å².